The SMILES string of the molecule is COc1ccc([C@@H]2[C@H]3C(=O)C[C@@H](c4ccc(Cl)cc4)C=C3Nc3ncnn32)cc1. The first-order valence-electron chi connectivity index (χ1n) is 9.44. The van der Waals surface area contributed by atoms with Crippen molar-refractivity contribution in [3.05, 3.63) is 82.8 Å². The number of hydrogen-bond acceptors (Lipinski definition) is 5. The molecule has 1 aliphatic carbocycles. The van der Waals surface area contributed by atoms with E-state index in [1.54, 1.807) is 11.8 Å². The lowest BCUT2D eigenvalue weighted by molar-refractivity contribution is -0.123. The van der Waals surface area contributed by atoms with Crippen LogP contribution >= 0.6 is 11.6 Å². The molecule has 0 unspecified atom stereocenters. The predicted octanol–water partition coefficient (Wildman–Crippen LogP) is 4.21. The number of benzene rings is 2. The van der Waals surface area contributed by atoms with Crippen molar-refractivity contribution in [2.75, 3.05) is 12.4 Å². The summed E-state index contributed by atoms with van der Waals surface area (Å²) < 4.78 is 7.07. The van der Waals surface area contributed by atoms with Gasteiger partial charge in [-0.3, -0.25) is 4.79 Å². The highest BCUT2D eigenvalue weighted by atomic mass is 35.5. The fraction of sp³-hybridized carbons (Fsp3) is 0.227. The second kappa shape index (κ2) is 7.04. The molecule has 2 heterocycles. The summed E-state index contributed by atoms with van der Waals surface area (Å²) in [7, 11) is 1.64. The van der Waals surface area contributed by atoms with Gasteiger partial charge in [0.1, 0.15) is 17.9 Å². The van der Waals surface area contributed by atoms with E-state index in [9.17, 15) is 4.79 Å². The molecule has 5 rings (SSSR count). The molecule has 0 radical (unpaired) electrons. The van der Waals surface area contributed by atoms with Gasteiger partial charge in [0.05, 0.1) is 19.1 Å². The number of nitrogens with zero attached hydrogens (tertiary/aromatic N) is 3. The zero-order chi connectivity index (χ0) is 20.0. The molecule has 0 saturated carbocycles. The monoisotopic (exact) mass is 406 g/mol. The third-order valence-corrected chi connectivity index (χ3v) is 5.90. The van der Waals surface area contributed by atoms with Gasteiger partial charge >= 0.3 is 0 Å². The number of fused-ring (bicyclic) bond motifs is 2. The molecule has 29 heavy (non-hydrogen) atoms. The predicted molar refractivity (Wildman–Crippen MR) is 110 cm³/mol. The molecule has 3 aromatic rings. The normalized spacial score (nSPS) is 22.9. The molecule has 7 heteroatoms. The Morgan fingerprint density at radius 1 is 1.10 bits per heavy atom. The van der Waals surface area contributed by atoms with E-state index < -0.39 is 0 Å². The molecule has 0 amide bonds. The highest BCUT2D eigenvalue weighted by molar-refractivity contribution is 6.30. The van der Waals surface area contributed by atoms with E-state index in [0.717, 1.165) is 22.6 Å². The lowest BCUT2D eigenvalue weighted by Crippen LogP contribution is -2.40. The largest absolute Gasteiger partial charge is 0.497 e. The number of methoxy groups -OCH3 is 1. The number of Topliss-reactive ketones (excluding diaryl/α,β-unsaturated/α-hetero) is 1. The Morgan fingerprint density at radius 2 is 1.83 bits per heavy atom. The maximum atomic E-state index is 13.3. The first-order valence-corrected chi connectivity index (χ1v) is 9.82. The molecule has 2 aromatic carbocycles. The number of nitrogens with one attached hydrogen (secondary N) is 1. The van der Waals surface area contributed by atoms with Crippen molar-refractivity contribution < 1.29 is 9.53 Å². The lowest BCUT2D eigenvalue weighted by atomic mass is 9.76. The first kappa shape index (κ1) is 17.9. The van der Waals surface area contributed by atoms with Crippen molar-refractivity contribution in [1.82, 2.24) is 14.8 Å². The van der Waals surface area contributed by atoms with Gasteiger partial charge in [-0.2, -0.15) is 10.1 Å². The molecular weight excluding hydrogens is 388 g/mol. The Balaban J connectivity index is 1.58. The minimum absolute atomic E-state index is 0.00417. The van der Waals surface area contributed by atoms with Crippen molar-refractivity contribution in [1.29, 1.82) is 0 Å². The van der Waals surface area contributed by atoms with Crippen LogP contribution < -0.4 is 10.1 Å². The standard InChI is InChI=1S/C22H19ClN4O2/c1-29-17-8-4-14(5-9-17)21-20-18(26-22-24-12-25-27(21)22)10-15(11-19(20)28)13-2-6-16(23)7-3-13/h2-10,12,15,20-21H,11H2,1H3,(H,24,25,26)/t15-,20+,21+/m0/s1. The molecule has 1 aliphatic heterocycles. The number of anilines is 1. The zero-order valence-electron chi connectivity index (χ0n) is 15.7. The van der Waals surface area contributed by atoms with Gasteiger partial charge < -0.3 is 10.1 Å². The fourth-order valence-corrected chi connectivity index (χ4v) is 4.36. The van der Waals surface area contributed by atoms with E-state index in [0.29, 0.717) is 17.4 Å². The van der Waals surface area contributed by atoms with Crippen LogP contribution in [0.2, 0.25) is 5.02 Å². The molecule has 0 fully saturated rings. The van der Waals surface area contributed by atoms with E-state index in [4.69, 9.17) is 16.3 Å². The highest BCUT2D eigenvalue weighted by Crippen LogP contribution is 2.44. The first-order chi connectivity index (χ1) is 14.1. The molecule has 1 aromatic heterocycles. The molecule has 0 spiro atoms. The lowest BCUT2D eigenvalue weighted by Gasteiger charge is -2.38. The average Bonchev–Trinajstić information content (AvgIpc) is 3.21. The van der Waals surface area contributed by atoms with Gasteiger partial charge in [0, 0.05) is 23.1 Å². The van der Waals surface area contributed by atoms with E-state index in [1.807, 2.05) is 48.5 Å². The maximum absolute atomic E-state index is 13.3. The number of carbonyl (C=O) groups excluding carboxylic acids is 1. The number of carbonyl (C=O) groups is 1. The van der Waals surface area contributed by atoms with Crippen LogP contribution in [-0.2, 0) is 4.79 Å². The third kappa shape index (κ3) is 3.09. The Morgan fingerprint density at radius 3 is 2.55 bits per heavy atom. The summed E-state index contributed by atoms with van der Waals surface area (Å²) in [5.74, 6) is 1.26. The zero-order valence-corrected chi connectivity index (χ0v) is 16.5. The van der Waals surface area contributed by atoms with Crippen LogP contribution in [0.3, 0.4) is 0 Å². The molecule has 3 atom stereocenters. The minimum Gasteiger partial charge on any atom is -0.497 e. The summed E-state index contributed by atoms with van der Waals surface area (Å²) in [4.78, 5) is 17.7. The number of allylic oxidation sites excluding steroid dienone is 2. The number of aromatic nitrogens is 3. The van der Waals surface area contributed by atoms with Gasteiger partial charge in [-0.1, -0.05) is 41.9 Å². The van der Waals surface area contributed by atoms with E-state index >= 15 is 0 Å². The Bertz CT molecular complexity index is 1090. The van der Waals surface area contributed by atoms with Gasteiger partial charge in [-0.15, -0.1) is 0 Å². The molecular formula is C22H19ClN4O2. The second-order valence-corrected chi connectivity index (χ2v) is 7.74. The van der Waals surface area contributed by atoms with Gasteiger partial charge in [0.2, 0.25) is 5.95 Å². The molecule has 0 saturated heterocycles. The Kier molecular flexibility index (Phi) is 4.36. The van der Waals surface area contributed by atoms with Gasteiger partial charge in [0.25, 0.3) is 0 Å². The Labute approximate surface area is 173 Å². The minimum atomic E-state index is -0.332. The number of rotatable bonds is 3. The summed E-state index contributed by atoms with van der Waals surface area (Å²) in [6, 6.07) is 15.2. The van der Waals surface area contributed by atoms with Crippen molar-refractivity contribution in [3.8, 4) is 5.75 Å². The molecule has 6 nitrogen and oxygen atoms in total. The summed E-state index contributed by atoms with van der Waals surface area (Å²) in [5.41, 5.74) is 2.94. The van der Waals surface area contributed by atoms with Crippen LogP contribution in [0.15, 0.2) is 66.6 Å². The summed E-state index contributed by atoms with van der Waals surface area (Å²) in [6.07, 6.45) is 4.09. The van der Waals surface area contributed by atoms with Crippen LogP contribution in [0.25, 0.3) is 0 Å². The summed E-state index contributed by atoms with van der Waals surface area (Å²) in [5, 5.41) is 8.39. The highest BCUT2D eigenvalue weighted by Gasteiger charge is 2.43. The average molecular weight is 407 g/mol. The number of hydrogen-bond donors (Lipinski definition) is 1. The van der Waals surface area contributed by atoms with E-state index in [-0.39, 0.29) is 23.7 Å². The Hall–Kier alpha value is -3.12. The molecule has 146 valence electrons. The van der Waals surface area contributed by atoms with E-state index in [2.05, 4.69) is 21.5 Å². The molecule has 2 aliphatic rings. The number of ether oxygens (including phenoxy) is 1. The number of halogens is 1. The molecule has 0 bridgehead atoms. The molecule has 1 N–H and O–H groups in total. The van der Waals surface area contributed by atoms with Crippen molar-refractivity contribution >= 4 is 23.3 Å². The van der Waals surface area contributed by atoms with Gasteiger partial charge in [-0.05, 0) is 35.4 Å². The number of ketones is 1. The summed E-state index contributed by atoms with van der Waals surface area (Å²) in [6.45, 7) is 0. The van der Waals surface area contributed by atoms with Crippen molar-refractivity contribution in [3.63, 3.8) is 0 Å². The smallest absolute Gasteiger partial charge is 0.226 e. The topological polar surface area (TPSA) is 69.0 Å². The van der Waals surface area contributed by atoms with Crippen LogP contribution in [-0.4, -0.2) is 27.7 Å². The summed E-state index contributed by atoms with van der Waals surface area (Å²) >= 11 is 6.02. The van der Waals surface area contributed by atoms with Crippen LogP contribution in [0.1, 0.15) is 29.5 Å². The fourth-order valence-electron chi connectivity index (χ4n) is 4.23. The maximum Gasteiger partial charge on any atom is 0.226 e. The van der Waals surface area contributed by atoms with E-state index in [1.165, 1.54) is 6.33 Å². The van der Waals surface area contributed by atoms with Crippen LogP contribution in [0, 0.1) is 5.92 Å². The van der Waals surface area contributed by atoms with Crippen molar-refractivity contribution in [2.24, 2.45) is 5.92 Å². The van der Waals surface area contributed by atoms with Crippen LogP contribution in [0.5, 0.6) is 5.75 Å². The quantitative estimate of drug-likeness (QED) is 0.705. The van der Waals surface area contributed by atoms with Gasteiger partial charge in [0.15, 0.2) is 0 Å². The second-order valence-electron chi connectivity index (χ2n) is 7.30. The van der Waals surface area contributed by atoms with Gasteiger partial charge in [-0.25, -0.2) is 4.68 Å². The van der Waals surface area contributed by atoms with Crippen molar-refractivity contribution in [2.45, 2.75) is 18.4 Å². The third-order valence-electron chi connectivity index (χ3n) is 5.65. The van der Waals surface area contributed by atoms with Crippen LogP contribution in [0.4, 0.5) is 5.95 Å².